The Kier molecular flexibility index (Phi) is 4.24. The molecule has 6 nitrogen and oxygen atoms in total. The molecule has 0 aliphatic heterocycles. The van der Waals surface area contributed by atoms with E-state index in [0.29, 0.717) is 29.0 Å². The highest BCUT2D eigenvalue weighted by Crippen LogP contribution is 2.37. The smallest absolute Gasteiger partial charge is 0.227 e. The Hall–Kier alpha value is -2.15. The standard InChI is InChI=1S/C15H17N3O3S/c1-9-7-10(9)14(20)16-5-4-13(19)18-15-17-11(8-22-15)12-3-2-6-21-12/h2-3,6,8-10H,4-5,7H2,1H3,(H,16,20)(H,17,18,19)/t9-,10+/m1/s1. The molecule has 2 atom stereocenters. The first kappa shape index (κ1) is 14.8. The number of carbonyl (C=O) groups excluding carboxylic acids is 2. The van der Waals surface area contributed by atoms with Crippen LogP contribution < -0.4 is 10.6 Å². The Labute approximate surface area is 131 Å². The Morgan fingerprint density at radius 1 is 1.50 bits per heavy atom. The second kappa shape index (κ2) is 6.31. The molecule has 0 bridgehead atoms. The molecule has 1 fully saturated rings. The molecule has 3 rings (SSSR count). The van der Waals surface area contributed by atoms with Crippen LogP contribution >= 0.6 is 11.3 Å². The van der Waals surface area contributed by atoms with E-state index in [0.717, 1.165) is 6.42 Å². The van der Waals surface area contributed by atoms with E-state index in [1.807, 2.05) is 11.4 Å². The molecule has 2 aromatic rings. The lowest BCUT2D eigenvalue weighted by Gasteiger charge is -2.04. The highest BCUT2D eigenvalue weighted by Gasteiger charge is 2.38. The highest BCUT2D eigenvalue weighted by molar-refractivity contribution is 7.14. The lowest BCUT2D eigenvalue weighted by atomic mass is 10.3. The van der Waals surface area contributed by atoms with E-state index in [1.165, 1.54) is 11.3 Å². The van der Waals surface area contributed by atoms with Gasteiger partial charge in [0.25, 0.3) is 0 Å². The van der Waals surface area contributed by atoms with Gasteiger partial charge < -0.3 is 15.1 Å². The molecule has 2 aromatic heterocycles. The number of nitrogens with zero attached hydrogens (tertiary/aromatic N) is 1. The molecule has 1 saturated carbocycles. The maximum absolute atomic E-state index is 11.8. The molecule has 0 saturated heterocycles. The molecule has 116 valence electrons. The number of aromatic nitrogens is 1. The van der Waals surface area contributed by atoms with Crippen molar-refractivity contribution >= 4 is 28.3 Å². The molecule has 0 radical (unpaired) electrons. The van der Waals surface area contributed by atoms with Crippen LogP contribution in [0, 0.1) is 11.8 Å². The zero-order chi connectivity index (χ0) is 15.5. The summed E-state index contributed by atoms with van der Waals surface area (Å²) in [5.41, 5.74) is 0.696. The van der Waals surface area contributed by atoms with Gasteiger partial charge in [0.1, 0.15) is 5.69 Å². The van der Waals surface area contributed by atoms with Gasteiger partial charge in [-0.15, -0.1) is 11.3 Å². The third-order valence-electron chi connectivity index (χ3n) is 3.62. The fourth-order valence-electron chi connectivity index (χ4n) is 2.17. The maximum atomic E-state index is 11.8. The fourth-order valence-corrected chi connectivity index (χ4v) is 2.88. The number of hydrogen-bond acceptors (Lipinski definition) is 5. The molecule has 1 aliphatic rings. The quantitative estimate of drug-likeness (QED) is 0.857. The van der Waals surface area contributed by atoms with Gasteiger partial charge in [0.2, 0.25) is 11.8 Å². The summed E-state index contributed by atoms with van der Waals surface area (Å²) in [6.45, 7) is 2.40. The van der Waals surface area contributed by atoms with Gasteiger partial charge in [-0.2, -0.15) is 0 Å². The van der Waals surface area contributed by atoms with Crippen LogP contribution in [0.2, 0.25) is 0 Å². The molecule has 0 aromatic carbocycles. The van der Waals surface area contributed by atoms with Crippen molar-refractivity contribution < 1.29 is 14.0 Å². The average Bonchev–Trinajstić information content (AvgIpc) is 2.93. The second-order valence-electron chi connectivity index (χ2n) is 5.42. The van der Waals surface area contributed by atoms with Crippen LogP contribution in [-0.2, 0) is 9.59 Å². The lowest BCUT2D eigenvalue weighted by Crippen LogP contribution is -2.29. The van der Waals surface area contributed by atoms with Crippen LogP contribution in [0.5, 0.6) is 0 Å². The first-order valence-corrected chi connectivity index (χ1v) is 8.08. The largest absolute Gasteiger partial charge is 0.463 e. The molecule has 7 heteroatoms. The maximum Gasteiger partial charge on any atom is 0.227 e. The predicted molar refractivity (Wildman–Crippen MR) is 83.3 cm³/mol. The predicted octanol–water partition coefficient (Wildman–Crippen LogP) is 2.50. The van der Waals surface area contributed by atoms with Gasteiger partial charge in [0.05, 0.1) is 6.26 Å². The van der Waals surface area contributed by atoms with Gasteiger partial charge in [-0.05, 0) is 24.5 Å². The molecule has 2 N–H and O–H groups in total. The monoisotopic (exact) mass is 319 g/mol. The number of nitrogens with one attached hydrogen (secondary N) is 2. The molecule has 0 spiro atoms. The van der Waals surface area contributed by atoms with E-state index in [4.69, 9.17) is 4.42 Å². The van der Waals surface area contributed by atoms with E-state index in [2.05, 4.69) is 22.5 Å². The normalized spacial score (nSPS) is 19.7. The number of rotatable bonds is 6. The highest BCUT2D eigenvalue weighted by atomic mass is 32.1. The SMILES string of the molecule is C[C@@H]1C[C@@H]1C(=O)NCCC(=O)Nc1nc(-c2ccco2)cs1. The van der Waals surface area contributed by atoms with Crippen molar-refractivity contribution in [2.75, 3.05) is 11.9 Å². The number of thiazole rings is 1. The van der Waals surface area contributed by atoms with E-state index in [-0.39, 0.29) is 24.2 Å². The number of furan rings is 1. The van der Waals surface area contributed by atoms with Gasteiger partial charge in [-0.1, -0.05) is 6.92 Å². The van der Waals surface area contributed by atoms with Gasteiger partial charge >= 0.3 is 0 Å². The van der Waals surface area contributed by atoms with Gasteiger partial charge in [0.15, 0.2) is 10.9 Å². The fraction of sp³-hybridized carbons (Fsp3) is 0.400. The molecule has 2 amide bonds. The number of amides is 2. The van der Waals surface area contributed by atoms with Crippen LogP contribution in [-0.4, -0.2) is 23.3 Å². The zero-order valence-electron chi connectivity index (χ0n) is 12.2. The molecule has 2 heterocycles. The van der Waals surface area contributed by atoms with Crippen molar-refractivity contribution in [3.63, 3.8) is 0 Å². The summed E-state index contributed by atoms with van der Waals surface area (Å²) in [5, 5.41) is 7.87. The summed E-state index contributed by atoms with van der Waals surface area (Å²) in [5.74, 6) is 1.17. The van der Waals surface area contributed by atoms with E-state index < -0.39 is 0 Å². The molecule has 0 unspecified atom stereocenters. The van der Waals surface area contributed by atoms with E-state index in [9.17, 15) is 9.59 Å². The van der Waals surface area contributed by atoms with E-state index >= 15 is 0 Å². The van der Waals surface area contributed by atoms with Crippen LogP contribution in [0.3, 0.4) is 0 Å². The lowest BCUT2D eigenvalue weighted by molar-refractivity contribution is -0.122. The molecule has 1 aliphatic carbocycles. The third-order valence-corrected chi connectivity index (χ3v) is 4.38. The van der Waals surface area contributed by atoms with Crippen molar-refractivity contribution in [3.8, 4) is 11.5 Å². The van der Waals surface area contributed by atoms with Crippen molar-refractivity contribution in [2.24, 2.45) is 11.8 Å². The summed E-state index contributed by atoms with van der Waals surface area (Å²) in [6, 6.07) is 3.60. The van der Waals surface area contributed by atoms with E-state index in [1.54, 1.807) is 12.3 Å². The molecule has 22 heavy (non-hydrogen) atoms. The third kappa shape index (κ3) is 3.54. The topological polar surface area (TPSA) is 84.2 Å². The Morgan fingerprint density at radius 3 is 3.00 bits per heavy atom. The summed E-state index contributed by atoms with van der Waals surface area (Å²) >= 11 is 1.34. The summed E-state index contributed by atoms with van der Waals surface area (Å²) in [7, 11) is 0. The van der Waals surface area contributed by atoms with Crippen LogP contribution in [0.25, 0.3) is 11.5 Å². The van der Waals surface area contributed by atoms with Gasteiger partial charge in [-0.25, -0.2) is 4.98 Å². The minimum Gasteiger partial charge on any atom is -0.463 e. The van der Waals surface area contributed by atoms with Crippen LogP contribution in [0.4, 0.5) is 5.13 Å². The van der Waals surface area contributed by atoms with Crippen molar-refractivity contribution in [2.45, 2.75) is 19.8 Å². The van der Waals surface area contributed by atoms with Crippen molar-refractivity contribution in [1.82, 2.24) is 10.3 Å². The summed E-state index contributed by atoms with van der Waals surface area (Å²) in [6.07, 6.45) is 2.77. The molecular formula is C15H17N3O3S. The summed E-state index contributed by atoms with van der Waals surface area (Å²) < 4.78 is 5.25. The summed E-state index contributed by atoms with van der Waals surface area (Å²) in [4.78, 5) is 27.7. The number of hydrogen-bond donors (Lipinski definition) is 2. The van der Waals surface area contributed by atoms with Crippen LogP contribution in [0.15, 0.2) is 28.2 Å². The Morgan fingerprint density at radius 2 is 2.32 bits per heavy atom. The first-order valence-electron chi connectivity index (χ1n) is 7.20. The number of carbonyl (C=O) groups is 2. The first-order chi connectivity index (χ1) is 10.6. The number of anilines is 1. The minimum atomic E-state index is -0.163. The van der Waals surface area contributed by atoms with Gasteiger partial charge in [0, 0.05) is 24.3 Å². The zero-order valence-corrected chi connectivity index (χ0v) is 13.0. The average molecular weight is 319 g/mol. The Bertz CT molecular complexity index is 665. The van der Waals surface area contributed by atoms with Crippen LogP contribution in [0.1, 0.15) is 19.8 Å². The van der Waals surface area contributed by atoms with Crippen molar-refractivity contribution in [3.05, 3.63) is 23.8 Å². The van der Waals surface area contributed by atoms with Crippen molar-refractivity contribution in [1.29, 1.82) is 0 Å². The molecular weight excluding hydrogens is 302 g/mol. The Balaban J connectivity index is 1.43. The minimum absolute atomic E-state index is 0.0506. The van der Waals surface area contributed by atoms with Gasteiger partial charge in [-0.3, -0.25) is 9.59 Å². The second-order valence-corrected chi connectivity index (χ2v) is 6.28.